The molecule has 0 radical (unpaired) electrons. The molecule has 0 atom stereocenters. The predicted octanol–water partition coefficient (Wildman–Crippen LogP) is 2.73. The number of rotatable bonds is 3. The minimum atomic E-state index is -1.22. The van der Waals surface area contributed by atoms with E-state index in [9.17, 15) is 9.59 Å². The second kappa shape index (κ2) is 4.66. The van der Waals surface area contributed by atoms with E-state index in [1.807, 2.05) is 0 Å². The Balaban J connectivity index is 2.09. The van der Waals surface area contributed by atoms with Crippen molar-refractivity contribution >= 4 is 40.9 Å². The van der Waals surface area contributed by atoms with Gasteiger partial charge in [0.05, 0.1) is 0 Å². The number of halogens is 2. The van der Waals surface area contributed by atoms with Crippen LogP contribution < -0.4 is 10.6 Å². The highest BCUT2D eigenvalue weighted by molar-refractivity contribution is 6.35. The van der Waals surface area contributed by atoms with Crippen molar-refractivity contribution in [3.63, 3.8) is 0 Å². The van der Waals surface area contributed by atoms with Gasteiger partial charge in [0.2, 0.25) is 5.91 Å². The predicted molar refractivity (Wildman–Crippen MR) is 68.2 cm³/mol. The van der Waals surface area contributed by atoms with Gasteiger partial charge in [0.15, 0.2) is 0 Å². The standard InChI is InChI=1S/C11H10Cl2N2O3/c12-6-3-7(13)5-8(4-6)14-9(16)11(1-2-11)15-10(17)18/h3-5,15H,1-2H2,(H,14,16)(H,17,18). The maximum absolute atomic E-state index is 11.9. The Bertz CT molecular complexity index is 495. The first kappa shape index (κ1) is 13.0. The van der Waals surface area contributed by atoms with Crippen molar-refractivity contribution in [2.45, 2.75) is 18.4 Å². The SMILES string of the molecule is O=C(O)NC1(C(=O)Nc2cc(Cl)cc(Cl)c2)CC1. The lowest BCUT2D eigenvalue weighted by Gasteiger charge is -2.15. The molecule has 0 spiro atoms. The number of carboxylic acid groups (broad SMARTS) is 1. The van der Waals surface area contributed by atoms with Gasteiger partial charge in [0.25, 0.3) is 0 Å². The van der Waals surface area contributed by atoms with Crippen molar-refractivity contribution in [3.8, 4) is 0 Å². The number of hydrogen-bond donors (Lipinski definition) is 3. The lowest BCUT2D eigenvalue weighted by Crippen LogP contribution is -2.45. The Morgan fingerprint density at radius 1 is 1.17 bits per heavy atom. The van der Waals surface area contributed by atoms with Crippen molar-refractivity contribution in [1.29, 1.82) is 0 Å². The Morgan fingerprint density at radius 2 is 1.72 bits per heavy atom. The molecule has 1 saturated carbocycles. The summed E-state index contributed by atoms with van der Waals surface area (Å²) in [7, 11) is 0. The van der Waals surface area contributed by atoms with Crippen molar-refractivity contribution in [3.05, 3.63) is 28.2 Å². The van der Waals surface area contributed by atoms with E-state index < -0.39 is 17.5 Å². The summed E-state index contributed by atoms with van der Waals surface area (Å²) < 4.78 is 0. The summed E-state index contributed by atoms with van der Waals surface area (Å²) in [6.07, 6.45) is -0.245. The highest BCUT2D eigenvalue weighted by Crippen LogP contribution is 2.36. The Labute approximate surface area is 113 Å². The van der Waals surface area contributed by atoms with Gasteiger partial charge in [-0.05, 0) is 31.0 Å². The topological polar surface area (TPSA) is 78.4 Å². The van der Waals surface area contributed by atoms with Crippen molar-refractivity contribution in [1.82, 2.24) is 5.32 Å². The quantitative estimate of drug-likeness (QED) is 0.800. The monoisotopic (exact) mass is 288 g/mol. The molecule has 1 aliphatic carbocycles. The minimum absolute atomic E-state index is 0.397. The van der Waals surface area contributed by atoms with E-state index in [0.29, 0.717) is 28.6 Å². The molecule has 1 aromatic carbocycles. The molecule has 0 aromatic heterocycles. The van der Waals surface area contributed by atoms with Gasteiger partial charge >= 0.3 is 6.09 Å². The maximum atomic E-state index is 11.9. The molecule has 1 fully saturated rings. The van der Waals surface area contributed by atoms with Gasteiger partial charge in [0.1, 0.15) is 5.54 Å². The first-order valence-corrected chi connectivity index (χ1v) is 5.95. The second-order valence-corrected chi connectivity index (χ2v) is 5.00. The minimum Gasteiger partial charge on any atom is -0.465 e. The van der Waals surface area contributed by atoms with Gasteiger partial charge in [-0.1, -0.05) is 23.2 Å². The molecule has 3 N–H and O–H groups in total. The van der Waals surface area contributed by atoms with Crippen LogP contribution in [-0.4, -0.2) is 22.6 Å². The first-order chi connectivity index (χ1) is 8.41. The number of nitrogens with one attached hydrogen (secondary N) is 2. The molecule has 0 unspecified atom stereocenters. The van der Waals surface area contributed by atoms with E-state index in [0.717, 1.165) is 0 Å². The number of carbonyl (C=O) groups is 2. The van der Waals surface area contributed by atoms with Gasteiger partial charge in [-0.2, -0.15) is 0 Å². The third-order valence-corrected chi connectivity index (χ3v) is 3.09. The van der Waals surface area contributed by atoms with Crippen LogP contribution in [0.2, 0.25) is 10.0 Å². The molecule has 1 aliphatic rings. The molecule has 0 heterocycles. The average Bonchev–Trinajstić information content (AvgIpc) is 2.95. The van der Waals surface area contributed by atoms with Gasteiger partial charge in [0, 0.05) is 15.7 Å². The summed E-state index contributed by atoms with van der Waals surface area (Å²) in [5, 5.41) is 14.3. The zero-order chi connectivity index (χ0) is 13.3. The van der Waals surface area contributed by atoms with Crippen LogP contribution in [0.1, 0.15) is 12.8 Å². The zero-order valence-electron chi connectivity index (χ0n) is 9.17. The lowest BCUT2D eigenvalue weighted by atomic mass is 10.2. The summed E-state index contributed by atoms with van der Waals surface area (Å²) in [5.41, 5.74) is -0.573. The van der Waals surface area contributed by atoms with Gasteiger partial charge in [-0.3, -0.25) is 4.79 Å². The smallest absolute Gasteiger partial charge is 0.405 e. The van der Waals surface area contributed by atoms with Crippen LogP contribution in [0.3, 0.4) is 0 Å². The molecule has 2 amide bonds. The van der Waals surface area contributed by atoms with Gasteiger partial charge < -0.3 is 15.7 Å². The third-order valence-electron chi connectivity index (χ3n) is 2.65. The molecule has 2 rings (SSSR count). The molecule has 0 saturated heterocycles. The Hall–Kier alpha value is -1.46. The zero-order valence-corrected chi connectivity index (χ0v) is 10.7. The number of benzene rings is 1. The fraction of sp³-hybridized carbons (Fsp3) is 0.273. The van der Waals surface area contributed by atoms with Crippen LogP contribution in [-0.2, 0) is 4.79 Å². The van der Waals surface area contributed by atoms with Crippen LogP contribution in [0.4, 0.5) is 10.5 Å². The number of carbonyl (C=O) groups excluding carboxylic acids is 1. The number of amides is 2. The van der Waals surface area contributed by atoms with Gasteiger partial charge in [-0.15, -0.1) is 0 Å². The summed E-state index contributed by atoms with van der Waals surface area (Å²) in [5.74, 6) is -0.400. The average molecular weight is 289 g/mol. The highest BCUT2D eigenvalue weighted by Gasteiger charge is 2.51. The maximum Gasteiger partial charge on any atom is 0.405 e. The van der Waals surface area contributed by atoms with Crippen LogP contribution in [0, 0.1) is 0 Å². The van der Waals surface area contributed by atoms with Crippen LogP contribution >= 0.6 is 23.2 Å². The molecular formula is C11H10Cl2N2O3. The van der Waals surface area contributed by atoms with Crippen LogP contribution in [0.5, 0.6) is 0 Å². The molecule has 1 aromatic rings. The molecule has 18 heavy (non-hydrogen) atoms. The lowest BCUT2D eigenvalue weighted by molar-refractivity contribution is -0.119. The Kier molecular flexibility index (Phi) is 3.36. The van der Waals surface area contributed by atoms with Gasteiger partial charge in [-0.25, -0.2) is 4.79 Å². The Morgan fingerprint density at radius 3 is 2.17 bits per heavy atom. The van der Waals surface area contributed by atoms with E-state index in [-0.39, 0.29) is 0 Å². The summed E-state index contributed by atoms with van der Waals surface area (Å²) in [4.78, 5) is 22.5. The third kappa shape index (κ3) is 2.86. The summed E-state index contributed by atoms with van der Waals surface area (Å²) >= 11 is 11.6. The van der Waals surface area contributed by atoms with Crippen molar-refractivity contribution in [2.75, 3.05) is 5.32 Å². The molecule has 7 heteroatoms. The van der Waals surface area contributed by atoms with Crippen molar-refractivity contribution in [2.24, 2.45) is 0 Å². The molecule has 5 nitrogen and oxygen atoms in total. The fourth-order valence-corrected chi connectivity index (χ4v) is 2.14. The molecule has 96 valence electrons. The van der Waals surface area contributed by atoms with E-state index in [1.165, 1.54) is 0 Å². The first-order valence-electron chi connectivity index (χ1n) is 5.20. The fourth-order valence-electron chi connectivity index (χ4n) is 1.62. The van der Waals surface area contributed by atoms with E-state index >= 15 is 0 Å². The summed E-state index contributed by atoms with van der Waals surface area (Å²) in [6.45, 7) is 0. The van der Waals surface area contributed by atoms with E-state index in [1.54, 1.807) is 18.2 Å². The van der Waals surface area contributed by atoms with Crippen LogP contribution in [0.25, 0.3) is 0 Å². The normalized spacial score (nSPS) is 15.9. The number of hydrogen-bond acceptors (Lipinski definition) is 2. The number of anilines is 1. The molecule has 0 bridgehead atoms. The molecule has 0 aliphatic heterocycles. The summed E-state index contributed by atoms with van der Waals surface area (Å²) in [6, 6.07) is 4.63. The van der Waals surface area contributed by atoms with E-state index in [4.69, 9.17) is 28.3 Å². The van der Waals surface area contributed by atoms with Crippen LogP contribution in [0.15, 0.2) is 18.2 Å². The largest absolute Gasteiger partial charge is 0.465 e. The van der Waals surface area contributed by atoms with E-state index in [2.05, 4.69) is 10.6 Å². The highest BCUT2D eigenvalue weighted by atomic mass is 35.5. The molecular weight excluding hydrogens is 279 g/mol. The second-order valence-electron chi connectivity index (χ2n) is 4.12. The van der Waals surface area contributed by atoms with Crippen molar-refractivity contribution < 1.29 is 14.7 Å².